The molecule has 0 aliphatic carbocycles. The van der Waals surface area contributed by atoms with Crippen molar-refractivity contribution in [3.8, 4) is 5.75 Å². The molecule has 124 valence electrons. The highest BCUT2D eigenvalue weighted by atomic mass is 31.2. The third kappa shape index (κ3) is 5.17. The van der Waals surface area contributed by atoms with E-state index in [2.05, 4.69) is 0 Å². The lowest BCUT2D eigenvalue weighted by atomic mass is 10.1. The number of carbonyl (C=O) groups is 1. The Labute approximate surface area is 138 Å². The fraction of sp³-hybridized carbons (Fsp3) is 0. The van der Waals surface area contributed by atoms with E-state index < -0.39 is 13.6 Å². The molecular weight excluding hydrogens is 331 g/mol. The van der Waals surface area contributed by atoms with Crippen LogP contribution in [-0.2, 0) is 4.57 Å². The molecule has 0 heterocycles. The van der Waals surface area contributed by atoms with E-state index >= 15 is 0 Å². The average molecular weight is 346 g/mol. The molecule has 0 unspecified atom stereocenters. The van der Waals surface area contributed by atoms with Gasteiger partial charge in [-0.25, -0.2) is 4.79 Å². The minimum absolute atomic E-state index is 0.0770. The number of hydrogen-bond donors (Lipinski definition) is 4. The first-order valence-corrected chi connectivity index (χ1v) is 8.44. The van der Waals surface area contributed by atoms with Gasteiger partial charge in [-0.3, -0.25) is 9.97 Å². The molecule has 0 radical (unpaired) electrons. The summed E-state index contributed by atoms with van der Waals surface area (Å²) in [6, 6.07) is 12.3. The molecule has 0 aliphatic heterocycles. The number of benzene rings is 2. The van der Waals surface area contributed by atoms with Crippen molar-refractivity contribution in [2.45, 2.75) is 0 Å². The second kappa shape index (κ2) is 7.23. The topological polar surface area (TPSA) is 134 Å². The van der Waals surface area contributed by atoms with Crippen molar-refractivity contribution in [2.24, 2.45) is 5.73 Å². The maximum atomic E-state index is 12.0. The molecule has 2 aromatic rings. The summed E-state index contributed by atoms with van der Waals surface area (Å²) in [5.74, 6) is 0.454. The number of esters is 1. The van der Waals surface area contributed by atoms with Crippen molar-refractivity contribution < 1.29 is 23.9 Å². The average Bonchev–Trinajstić information content (AvgIpc) is 2.53. The predicted octanol–water partition coefficient (Wildman–Crippen LogP) is 2.34. The van der Waals surface area contributed by atoms with Crippen LogP contribution in [-0.4, -0.2) is 21.6 Å². The summed E-state index contributed by atoms with van der Waals surface area (Å²) >= 11 is 0. The number of nitrogen functional groups attached to an aromatic ring is 1. The predicted molar refractivity (Wildman–Crippen MR) is 89.9 cm³/mol. The van der Waals surface area contributed by atoms with Gasteiger partial charge in [0.1, 0.15) is 11.6 Å². The van der Waals surface area contributed by atoms with Crippen LogP contribution < -0.4 is 10.5 Å². The van der Waals surface area contributed by atoms with Gasteiger partial charge in [-0.05, 0) is 48.0 Å². The Balaban J connectivity index is 2.06. The largest absolute Gasteiger partial charge is 0.423 e. The molecule has 2 rings (SSSR count). The van der Waals surface area contributed by atoms with Crippen LogP contribution in [0.25, 0.3) is 6.08 Å². The zero-order valence-electron chi connectivity index (χ0n) is 12.4. The Kier molecular flexibility index (Phi) is 5.31. The summed E-state index contributed by atoms with van der Waals surface area (Å²) in [7, 11) is -4.22. The Hall–Kier alpha value is -2.73. The van der Waals surface area contributed by atoms with E-state index in [4.69, 9.17) is 25.7 Å². The lowest BCUT2D eigenvalue weighted by Crippen LogP contribution is -2.11. The van der Waals surface area contributed by atoms with Crippen molar-refractivity contribution in [2.75, 3.05) is 0 Å². The Bertz CT molecular complexity index is 823. The van der Waals surface area contributed by atoms with Crippen molar-refractivity contribution >= 4 is 25.5 Å². The molecule has 0 saturated heterocycles. The summed E-state index contributed by atoms with van der Waals surface area (Å²) < 4.78 is 16.0. The van der Waals surface area contributed by atoms with Crippen LogP contribution in [0.15, 0.2) is 54.3 Å². The third-order valence-corrected chi connectivity index (χ3v) is 3.52. The molecule has 8 heteroatoms. The van der Waals surface area contributed by atoms with Gasteiger partial charge in [-0.2, -0.15) is 0 Å². The minimum Gasteiger partial charge on any atom is -0.423 e. The number of hydrogen-bond acceptors (Lipinski definition) is 4. The third-order valence-electron chi connectivity index (χ3n) is 2.98. The molecule has 0 saturated carbocycles. The van der Waals surface area contributed by atoms with Crippen molar-refractivity contribution in [1.82, 2.24) is 0 Å². The van der Waals surface area contributed by atoms with Gasteiger partial charge in [0.25, 0.3) is 0 Å². The fourth-order valence-electron chi connectivity index (χ4n) is 1.78. The number of ether oxygens (including phenoxy) is 1. The molecule has 0 bridgehead atoms. The highest BCUT2D eigenvalue weighted by Crippen LogP contribution is 2.36. The van der Waals surface area contributed by atoms with Gasteiger partial charge in [0.05, 0.1) is 5.56 Å². The van der Waals surface area contributed by atoms with Crippen LogP contribution in [0, 0.1) is 5.41 Å². The second-order valence-electron chi connectivity index (χ2n) is 4.85. The molecule has 0 amide bonds. The highest BCUT2D eigenvalue weighted by Gasteiger charge is 2.09. The van der Waals surface area contributed by atoms with Gasteiger partial charge in [0, 0.05) is 11.4 Å². The monoisotopic (exact) mass is 346 g/mol. The summed E-state index contributed by atoms with van der Waals surface area (Å²) in [6.07, 6.45) is 1.27. The van der Waals surface area contributed by atoms with Crippen molar-refractivity contribution in [3.63, 3.8) is 0 Å². The maximum absolute atomic E-state index is 12.0. The number of amidine groups is 1. The number of carbonyl (C=O) groups excluding carboxylic acids is 1. The standard InChI is InChI=1S/C16H15N2O5P/c17-15(18)12-5-7-14(8-6-12)23-16(19)13-3-1-11(2-4-13)9-10-24(20,21)22/h1-10H,(H3,17,18)(H2,20,21,22). The molecular formula is C16H15N2O5P. The molecule has 7 nitrogen and oxygen atoms in total. The van der Waals surface area contributed by atoms with Crippen LogP contribution in [0.5, 0.6) is 5.75 Å². The molecule has 0 aliphatic rings. The number of nitrogens with one attached hydrogen (secondary N) is 1. The first kappa shape index (κ1) is 17.6. The van der Waals surface area contributed by atoms with Crippen LogP contribution in [0.3, 0.4) is 0 Å². The lowest BCUT2D eigenvalue weighted by molar-refractivity contribution is 0.0734. The summed E-state index contributed by atoms with van der Waals surface area (Å²) in [5.41, 5.74) is 6.70. The molecule has 5 N–H and O–H groups in total. The number of nitrogens with two attached hydrogens (primary N) is 1. The van der Waals surface area contributed by atoms with E-state index in [9.17, 15) is 9.36 Å². The lowest BCUT2D eigenvalue weighted by Gasteiger charge is -2.05. The summed E-state index contributed by atoms with van der Waals surface area (Å²) in [6.45, 7) is 0. The van der Waals surface area contributed by atoms with Crippen LogP contribution in [0.1, 0.15) is 21.5 Å². The molecule has 24 heavy (non-hydrogen) atoms. The molecule has 0 fully saturated rings. The van der Waals surface area contributed by atoms with Gasteiger partial charge in [0.2, 0.25) is 0 Å². The van der Waals surface area contributed by atoms with Gasteiger partial charge in [0.15, 0.2) is 0 Å². The van der Waals surface area contributed by atoms with E-state index in [1.165, 1.54) is 30.3 Å². The molecule has 0 aromatic heterocycles. The zero-order valence-corrected chi connectivity index (χ0v) is 13.3. The minimum atomic E-state index is -4.22. The zero-order chi connectivity index (χ0) is 17.7. The van der Waals surface area contributed by atoms with Gasteiger partial charge >= 0.3 is 13.6 Å². The smallest absolute Gasteiger partial charge is 0.349 e. The van der Waals surface area contributed by atoms with E-state index in [1.54, 1.807) is 24.3 Å². The maximum Gasteiger partial charge on any atom is 0.349 e. The first-order chi connectivity index (χ1) is 11.2. The van der Waals surface area contributed by atoms with Crippen LogP contribution in [0.2, 0.25) is 0 Å². The van der Waals surface area contributed by atoms with E-state index in [-0.39, 0.29) is 5.84 Å². The normalized spacial score (nSPS) is 11.4. The van der Waals surface area contributed by atoms with Gasteiger partial charge in [-0.15, -0.1) is 0 Å². The first-order valence-electron chi connectivity index (χ1n) is 6.76. The van der Waals surface area contributed by atoms with Crippen molar-refractivity contribution in [1.29, 1.82) is 5.41 Å². The number of rotatable bonds is 5. The molecule has 0 atom stereocenters. The fourth-order valence-corrected chi connectivity index (χ4v) is 2.15. The quantitative estimate of drug-likeness (QED) is 0.216. The van der Waals surface area contributed by atoms with Crippen molar-refractivity contribution in [3.05, 3.63) is 71.0 Å². The van der Waals surface area contributed by atoms with E-state index in [0.29, 0.717) is 22.4 Å². The van der Waals surface area contributed by atoms with Crippen LogP contribution >= 0.6 is 7.60 Å². The van der Waals surface area contributed by atoms with E-state index in [1.807, 2.05) is 0 Å². The summed E-state index contributed by atoms with van der Waals surface area (Å²) in [4.78, 5) is 29.6. The van der Waals surface area contributed by atoms with Crippen LogP contribution in [0.4, 0.5) is 0 Å². The molecule has 2 aromatic carbocycles. The van der Waals surface area contributed by atoms with Gasteiger partial charge in [-0.1, -0.05) is 12.1 Å². The Morgan fingerprint density at radius 3 is 2.08 bits per heavy atom. The highest BCUT2D eigenvalue weighted by molar-refractivity contribution is 7.55. The Morgan fingerprint density at radius 1 is 1.04 bits per heavy atom. The Morgan fingerprint density at radius 2 is 1.58 bits per heavy atom. The summed E-state index contributed by atoms with van der Waals surface area (Å²) in [5, 5.41) is 7.29. The van der Waals surface area contributed by atoms with E-state index in [0.717, 1.165) is 5.82 Å². The van der Waals surface area contributed by atoms with Gasteiger partial charge < -0.3 is 20.3 Å². The second-order valence-corrected chi connectivity index (χ2v) is 6.33. The SMILES string of the molecule is N=C(N)c1ccc(OC(=O)c2ccc(C=CP(=O)(O)O)cc2)cc1. The molecule has 0 spiro atoms.